The molecule has 0 heterocycles. The van der Waals surface area contributed by atoms with E-state index >= 15 is 0 Å². The largest absolute Gasteiger partial charge is 0.469 e. The predicted octanol–water partition coefficient (Wildman–Crippen LogP) is 1.59. The normalized spacial score (nSPS) is 63.9. The van der Waals surface area contributed by atoms with Gasteiger partial charge in [0, 0.05) is 0 Å². The van der Waals surface area contributed by atoms with E-state index in [1.165, 1.54) is 12.8 Å². The molecule has 118 valence electrons. The SMILES string of the molecule is COC(=O)C1[C@@H]2C3C4[C@@H](C(C(=O)OC)[C@@H]3[C@@H]3C[C@H]23)[C@@H]2C[C@H]2[C@@H]14. The molecule has 0 saturated heterocycles. The van der Waals surface area contributed by atoms with Crippen molar-refractivity contribution < 1.29 is 19.1 Å². The number of carbonyl (C=O) groups excluding carboxylic acids is 2. The standard InChI is InChI=1S/C18H22O4/c1-21-17(19)15-9-5-3-7(5)11-13(9)14-10(15)6-4-8(6)12(14)16(11)18(20)22-2/h5-16H,3-4H2,1-2H3/t5-,6-,7-,8+,9+,10-,11-,12+,13?,14?,15?,16?/m1/s1. The second-order valence-electron chi connectivity index (χ2n) is 8.69. The lowest BCUT2D eigenvalue weighted by Crippen LogP contribution is -2.32. The van der Waals surface area contributed by atoms with E-state index in [4.69, 9.17) is 9.47 Å². The van der Waals surface area contributed by atoms with Crippen LogP contribution in [0.1, 0.15) is 12.8 Å². The molecule has 6 fully saturated rings. The summed E-state index contributed by atoms with van der Waals surface area (Å²) in [6, 6.07) is 0. The molecule has 0 N–H and O–H groups in total. The summed E-state index contributed by atoms with van der Waals surface area (Å²) in [5.74, 6) is 6.37. The number of carbonyl (C=O) groups is 2. The lowest BCUT2D eigenvalue weighted by atomic mass is 9.79. The second-order valence-corrected chi connectivity index (χ2v) is 8.69. The molecule has 4 nitrogen and oxygen atoms in total. The molecule has 22 heavy (non-hydrogen) atoms. The van der Waals surface area contributed by atoms with E-state index in [-0.39, 0.29) is 23.8 Å². The highest BCUT2D eigenvalue weighted by atomic mass is 16.5. The molecule has 0 bridgehead atoms. The third kappa shape index (κ3) is 1.09. The Morgan fingerprint density at radius 3 is 1.23 bits per heavy atom. The average Bonchev–Trinajstić information content (AvgIpc) is 3.35. The van der Waals surface area contributed by atoms with Gasteiger partial charge in [0.1, 0.15) is 0 Å². The van der Waals surface area contributed by atoms with Crippen molar-refractivity contribution in [3.8, 4) is 0 Å². The molecule has 4 heteroatoms. The molecule has 6 aliphatic carbocycles. The Bertz CT molecular complexity index is 516. The highest BCUT2D eigenvalue weighted by Gasteiger charge is 2.83. The van der Waals surface area contributed by atoms with Crippen LogP contribution in [0.4, 0.5) is 0 Å². The Kier molecular flexibility index (Phi) is 1.99. The van der Waals surface area contributed by atoms with E-state index in [1.807, 2.05) is 0 Å². The highest BCUT2D eigenvalue weighted by Crippen LogP contribution is 2.84. The quantitative estimate of drug-likeness (QED) is 0.727. The number of methoxy groups -OCH3 is 2. The fraction of sp³-hybridized carbons (Fsp3) is 0.889. The van der Waals surface area contributed by atoms with Gasteiger partial charge < -0.3 is 9.47 Å². The smallest absolute Gasteiger partial charge is 0.309 e. The van der Waals surface area contributed by atoms with Crippen LogP contribution in [-0.4, -0.2) is 26.2 Å². The fourth-order valence-electron chi connectivity index (χ4n) is 8.36. The minimum Gasteiger partial charge on any atom is -0.469 e. The van der Waals surface area contributed by atoms with Gasteiger partial charge in [-0.1, -0.05) is 0 Å². The van der Waals surface area contributed by atoms with Gasteiger partial charge in [0.15, 0.2) is 0 Å². The van der Waals surface area contributed by atoms with Gasteiger partial charge in [-0.2, -0.15) is 0 Å². The van der Waals surface area contributed by atoms with Crippen molar-refractivity contribution >= 4 is 11.9 Å². The van der Waals surface area contributed by atoms with Gasteiger partial charge in [-0.25, -0.2) is 0 Å². The molecule has 0 amide bonds. The second kappa shape index (κ2) is 3.54. The molecule has 0 aromatic heterocycles. The Labute approximate surface area is 129 Å². The van der Waals surface area contributed by atoms with Gasteiger partial charge in [0.2, 0.25) is 0 Å². The Morgan fingerprint density at radius 1 is 0.636 bits per heavy atom. The molecule has 0 spiro atoms. The number of fused-ring (bicyclic) bond motifs is 6. The van der Waals surface area contributed by atoms with Crippen LogP contribution in [0.3, 0.4) is 0 Å². The summed E-state index contributed by atoms with van der Waals surface area (Å²) >= 11 is 0. The number of esters is 2. The van der Waals surface area contributed by atoms with Crippen LogP contribution in [0.2, 0.25) is 0 Å². The van der Waals surface area contributed by atoms with Crippen LogP contribution < -0.4 is 0 Å². The van der Waals surface area contributed by atoms with E-state index in [2.05, 4.69) is 0 Å². The average molecular weight is 302 g/mol. The lowest BCUT2D eigenvalue weighted by molar-refractivity contribution is -0.149. The van der Waals surface area contributed by atoms with Crippen molar-refractivity contribution in [3.63, 3.8) is 0 Å². The van der Waals surface area contributed by atoms with Crippen molar-refractivity contribution in [2.45, 2.75) is 12.8 Å². The molecule has 4 unspecified atom stereocenters. The first-order chi connectivity index (χ1) is 10.7. The molecular weight excluding hydrogens is 280 g/mol. The van der Waals surface area contributed by atoms with Crippen molar-refractivity contribution in [3.05, 3.63) is 0 Å². The van der Waals surface area contributed by atoms with Crippen molar-refractivity contribution in [1.29, 1.82) is 0 Å². The summed E-state index contributed by atoms with van der Waals surface area (Å²) in [5, 5.41) is 0. The molecule has 0 aliphatic heterocycles. The van der Waals surface area contributed by atoms with Gasteiger partial charge in [0.05, 0.1) is 26.1 Å². The van der Waals surface area contributed by atoms with Gasteiger partial charge in [-0.15, -0.1) is 0 Å². The third-order valence-corrected chi connectivity index (χ3v) is 8.59. The van der Waals surface area contributed by atoms with Crippen molar-refractivity contribution in [1.82, 2.24) is 0 Å². The van der Waals surface area contributed by atoms with E-state index in [0.717, 1.165) is 0 Å². The summed E-state index contributed by atoms with van der Waals surface area (Å²) in [6.45, 7) is 0. The number of hydrogen-bond donors (Lipinski definition) is 0. The predicted molar refractivity (Wildman–Crippen MR) is 75.1 cm³/mol. The monoisotopic (exact) mass is 302 g/mol. The number of rotatable bonds is 2. The maximum atomic E-state index is 12.5. The van der Waals surface area contributed by atoms with Gasteiger partial charge in [0.25, 0.3) is 0 Å². The molecule has 6 aliphatic rings. The Balaban J connectivity index is 1.49. The van der Waals surface area contributed by atoms with Gasteiger partial charge >= 0.3 is 11.9 Å². The maximum Gasteiger partial charge on any atom is 0.309 e. The topological polar surface area (TPSA) is 52.6 Å². The highest BCUT2D eigenvalue weighted by molar-refractivity contribution is 5.77. The van der Waals surface area contributed by atoms with Crippen LogP contribution in [0.25, 0.3) is 0 Å². The molecule has 12 atom stereocenters. The van der Waals surface area contributed by atoms with E-state index in [9.17, 15) is 9.59 Å². The number of hydrogen-bond acceptors (Lipinski definition) is 4. The van der Waals surface area contributed by atoms with Gasteiger partial charge in [-0.05, 0) is 72.0 Å². The van der Waals surface area contributed by atoms with E-state index in [1.54, 1.807) is 14.2 Å². The van der Waals surface area contributed by atoms with Crippen LogP contribution in [0.15, 0.2) is 0 Å². The summed E-state index contributed by atoms with van der Waals surface area (Å²) in [4.78, 5) is 25.0. The lowest BCUT2D eigenvalue weighted by Gasteiger charge is -2.26. The van der Waals surface area contributed by atoms with Crippen LogP contribution in [0, 0.1) is 71.0 Å². The molecule has 6 saturated carbocycles. The summed E-state index contributed by atoms with van der Waals surface area (Å²) in [7, 11) is 3.09. The minimum absolute atomic E-state index is 0.0385. The fourth-order valence-corrected chi connectivity index (χ4v) is 8.36. The van der Waals surface area contributed by atoms with Crippen molar-refractivity contribution in [2.24, 2.45) is 71.0 Å². The van der Waals surface area contributed by atoms with Crippen LogP contribution in [-0.2, 0) is 19.1 Å². The summed E-state index contributed by atoms with van der Waals surface area (Å²) < 4.78 is 10.4. The first-order valence-corrected chi connectivity index (χ1v) is 8.84. The molecule has 6 rings (SSSR count). The molecular formula is C18H22O4. The first kappa shape index (κ1) is 12.4. The molecule has 0 radical (unpaired) electrons. The Morgan fingerprint density at radius 2 is 0.955 bits per heavy atom. The van der Waals surface area contributed by atoms with Crippen LogP contribution in [0.5, 0.6) is 0 Å². The van der Waals surface area contributed by atoms with Crippen molar-refractivity contribution in [2.75, 3.05) is 14.2 Å². The maximum absolute atomic E-state index is 12.5. The zero-order chi connectivity index (χ0) is 14.9. The first-order valence-electron chi connectivity index (χ1n) is 8.84. The zero-order valence-corrected chi connectivity index (χ0v) is 13.0. The molecule has 0 aromatic carbocycles. The third-order valence-electron chi connectivity index (χ3n) is 8.59. The van der Waals surface area contributed by atoms with Gasteiger partial charge in [-0.3, -0.25) is 9.59 Å². The molecule has 0 aromatic rings. The van der Waals surface area contributed by atoms with E-state index < -0.39 is 0 Å². The Hall–Kier alpha value is -1.06. The summed E-state index contributed by atoms with van der Waals surface area (Å²) in [6.07, 6.45) is 2.46. The van der Waals surface area contributed by atoms with E-state index in [0.29, 0.717) is 59.2 Å². The van der Waals surface area contributed by atoms with Crippen LogP contribution >= 0.6 is 0 Å². The summed E-state index contributed by atoms with van der Waals surface area (Å²) in [5.41, 5.74) is 0. The minimum atomic E-state index is 0.0385. The zero-order valence-electron chi connectivity index (χ0n) is 13.0. The number of ether oxygens (including phenoxy) is 2.